The topological polar surface area (TPSA) is 70.9 Å². The van der Waals surface area contributed by atoms with Gasteiger partial charge in [-0.15, -0.1) is 0 Å². The van der Waals surface area contributed by atoms with Crippen molar-refractivity contribution in [2.45, 2.75) is 37.8 Å². The van der Waals surface area contributed by atoms with Gasteiger partial charge in [0, 0.05) is 15.9 Å². The Bertz CT molecular complexity index is 907. The lowest BCUT2D eigenvalue weighted by atomic mass is 9.93. The second-order valence-electron chi connectivity index (χ2n) is 5.94. The molecule has 1 aliphatic rings. The molecule has 0 spiro atoms. The molecule has 0 aliphatic heterocycles. The summed E-state index contributed by atoms with van der Waals surface area (Å²) in [5.41, 5.74) is 2.46. The van der Waals surface area contributed by atoms with E-state index >= 15 is 0 Å². The first kappa shape index (κ1) is 14.0. The van der Waals surface area contributed by atoms with Crippen LogP contribution in [0.15, 0.2) is 33.7 Å². The predicted octanol–water partition coefficient (Wildman–Crippen LogP) is 3.12. The summed E-state index contributed by atoms with van der Waals surface area (Å²) in [5.74, 6) is 0. The molecule has 0 radical (unpaired) electrons. The lowest BCUT2D eigenvalue weighted by Crippen LogP contribution is -2.27. The van der Waals surface area contributed by atoms with Crippen molar-refractivity contribution in [1.82, 2.24) is 14.5 Å². The molecule has 22 heavy (non-hydrogen) atoms. The van der Waals surface area contributed by atoms with E-state index in [0.717, 1.165) is 52.1 Å². The van der Waals surface area contributed by atoms with Gasteiger partial charge in [0.05, 0.1) is 28.9 Å². The molecule has 5 nitrogen and oxygen atoms in total. The van der Waals surface area contributed by atoms with Gasteiger partial charge < -0.3 is 10.1 Å². The number of aliphatic hydroxyl groups excluding tert-OH is 1. The summed E-state index contributed by atoms with van der Waals surface area (Å²) >= 11 is 3.49. The van der Waals surface area contributed by atoms with Crippen LogP contribution in [0.3, 0.4) is 0 Å². The predicted molar refractivity (Wildman–Crippen MR) is 89.1 cm³/mol. The van der Waals surface area contributed by atoms with Crippen LogP contribution in [0.4, 0.5) is 0 Å². The largest absolute Gasteiger partial charge is 0.393 e. The first-order chi connectivity index (χ1) is 10.6. The van der Waals surface area contributed by atoms with Crippen molar-refractivity contribution in [2.75, 3.05) is 0 Å². The number of benzene rings is 1. The summed E-state index contributed by atoms with van der Waals surface area (Å²) in [6, 6.07) is 6.04. The summed E-state index contributed by atoms with van der Waals surface area (Å²) < 4.78 is 2.83. The Labute approximate surface area is 135 Å². The zero-order valence-corrected chi connectivity index (χ0v) is 13.5. The van der Waals surface area contributed by atoms with Gasteiger partial charge in [-0.2, -0.15) is 0 Å². The van der Waals surface area contributed by atoms with Crippen molar-refractivity contribution in [3.63, 3.8) is 0 Å². The quantitative estimate of drug-likeness (QED) is 0.699. The molecule has 0 bridgehead atoms. The number of halogens is 1. The number of aromatic nitrogens is 3. The Balaban J connectivity index is 1.99. The van der Waals surface area contributed by atoms with E-state index < -0.39 is 0 Å². The maximum absolute atomic E-state index is 12.5. The molecule has 0 amide bonds. The Hall–Kier alpha value is -1.66. The molecule has 2 heterocycles. The maximum Gasteiger partial charge on any atom is 0.326 e. The Kier molecular flexibility index (Phi) is 3.31. The van der Waals surface area contributed by atoms with E-state index in [1.54, 1.807) is 6.20 Å². The van der Waals surface area contributed by atoms with Crippen molar-refractivity contribution in [2.24, 2.45) is 0 Å². The molecule has 0 atom stereocenters. The third-order valence-corrected chi connectivity index (χ3v) is 5.03. The number of fused-ring (bicyclic) bond motifs is 3. The van der Waals surface area contributed by atoms with E-state index in [9.17, 15) is 9.90 Å². The number of imidazole rings is 1. The zero-order chi connectivity index (χ0) is 15.3. The Morgan fingerprint density at radius 2 is 2.05 bits per heavy atom. The monoisotopic (exact) mass is 361 g/mol. The number of hydrogen-bond acceptors (Lipinski definition) is 3. The van der Waals surface area contributed by atoms with Gasteiger partial charge in [0.2, 0.25) is 0 Å². The molecule has 1 aromatic carbocycles. The molecular weight excluding hydrogens is 346 g/mol. The minimum absolute atomic E-state index is 0.0920. The van der Waals surface area contributed by atoms with E-state index in [0.29, 0.717) is 0 Å². The number of nitrogens with zero attached hydrogens (tertiary/aromatic N) is 2. The normalized spacial score (nSPS) is 22.5. The van der Waals surface area contributed by atoms with E-state index in [1.807, 2.05) is 22.8 Å². The van der Waals surface area contributed by atoms with Crippen LogP contribution in [0.5, 0.6) is 0 Å². The lowest BCUT2D eigenvalue weighted by Gasteiger charge is -2.26. The fourth-order valence-electron chi connectivity index (χ4n) is 3.44. The molecule has 2 N–H and O–H groups in total. The minimum Gasteiger partial charge on any atom is -0.393 e. The first-order valence-corrected chi connectivity index (χ1v) is 8.29. The van der Waals surface area contributed by atoms with Crippen LogP contribution in [0.1, 0.15) is 31.7 Å². The molecule has 2 aromatic heterocycles. The van der Waals surface area contributed by atoms with Crippen molar-refractivity contribution in [1.29, 1.82) is 0 Å². The van der Waals surface area contributed by atoms with E-state index in [4.69, 9.17) is 0 Å². The van der Waals surface area contributed by atoms with Gasteiger partial charge in [-0.25, -0.2) is 4.79 Å². The molecule has 4 rings (SSSR count). The highest BCUT2D eigenvalue weighted by Gasteiger charge is 2.24. The first-order valence-electron chi connectivity index (χ1n) is 7.50. The number of aromatic amines is 1. The fraction of sp³-hybridized carbons (Fsp3) is 0.375. The maximum atomic E-state index is 12.5. The second-order valence-corrected chi connectivity index (χ2v) is 6.86. The molecule has 114 valence electrons. The number of hydrogen-bond donors (Lipinski definition) is 2. The third-order valence-electron chi connectivity index (χ3n) is 4.53. The molecule has 0 unspecified atom stereocenters. The van der Waals surface area contributed by atoms with Crippen LogP contribution < -0.4 is 5.69 Å². The molecule has 1 saturated carbocycles. The summed E-state index contributed by atoms with van der Waals surface area (Å²) in [7, 11) is 0. The number of nitrogens with one attached hydrogen (secondary N) is 1. The van der Waals surface area contributed by atoms with Gasteiger partial charge >= 0.3 is 5.69 Å². The van der Waals surface area contributed by atoms with E-state index in [1.165, 1.54) is 0 Å². The van der Waals surface area contributed by atoms with E-state index in [-0.39, 0.29) is 17.8 Å². The average Bonchev–Trinajstić information content (AvgIpc) is 2.84. The Morgan fingerprint density at radius 1 is 1.27 bits per heavy atom. The molecule has 0 saturated heterocycles. The van der Waals surface area contributed by atoms with E-state index in [2.05, 4.69) is 25.9 Å². The summed E-state index contributed by atoms with van der Waals surface area (Å²) in [4.78, 5) is 19.8. The van der Waals surface area contributed by atoms with Crippen LogP contribution in [-0.2, 0) is 0 Å². The molecule has 6 heteroatoms. The summed E-state index contributed by atoms with van der Waals surface area (Å²) in [5, 5.41) is 10.7. The number of pyridine rings is 1. The van der Waals surface area contributed by atoms with Crippen LogP contribution >= 0.6 is 15.9 Å². The van der Waals surface area contributed by atoms with Gasteiger partial charge in [-0.3, -0.25) is 9.55 Å². The van der Waals surface area contributed by atoms with Crippen LogP contribution in [0.2, 0.25) is 0 Å². The molecular formula is C16H16BrN3O2. The highest BCUT2D eigenvalue weighted by molar-refractivity contribution is 9.10. The van der Waals surface area contributed by atoms with Crippen molar-refractivity contribution in [3.05, 3.63) is 39.4 Å². The van der Waals surface area contributed by atoms with Crippen molar-refractivity contribution >= 4 is 37.9 Å². The van der Waals surface area contributed by atoms with Crippen molar-refractivity contribution < 1.29 is 5.11 Å². The van der Waals surface area contributed by atoms with Gasteiger partial charge in [-0.05, 0) is 43.9 Å². The van der Waals surface area contributed by atoms with Gasteiger partial charge in [0.1, 0.15) is 0 Å². The minimum atomic E-state index is -0.232. The molecule has 1 aliphatic carbocycles. The third kappa shape index (κ3) is 2.18. The molecule has 3 aromatic rings. The SMILES string of the molecule is O=c1[nH]c2cnc3ccc(Br)cc3c2n1[C@H]1CC[C@H](O)CC1. The van der Waals surface area contributed by atoms with Crippen LogP contribution in [0.25, 0.3) is 21.9 Å². The standard InChI is InChI=1S/C16H16BrN3O2/c17-9-1-6-13-12(7-9)15-14(8-18-13)19-16(22)20(15)10-2-4-11(21)5-3-10/h1,6-8,10-11,21H,2-5H2,(H,19,22)/t10-,11-. The summed E-state index contributed by atoms with van der Waals surface area (Å²) in [6.07, 6.45) is 4.64. The highest BCUT2D eigenvalue weighted by Crippen LogP contribution is 2.32. The fourth-order valence-corrected chi connectivity index (χ4v) is 3.80. The number of H-pyrrole nitrogens is 1. The summed E-state index contributed by atoms with van der Waals surface area (Å²) in [6.45, 7) is 0. The number of aliphatic hydroxyl groups is 1. The van der Waals surface area contributed by atoms with Crippen LogP contribution in [0, 0.1) is 0 Å². The van der Waals surface area contributed by atoms with Gasteiger partial charge in [-0.1, -0.05) is 15.9 Å². The lowest BCUT2D eigenvalue weighted by molar-refractivity contribution is 0.111. The second kappa shape index (κ2) is 5.21. The van der Waals surface area contributed by atoms with Crippen LogP contribution in [-0.4, -0.2) is 25.7 Å². The number of rotatable bonds is 1. The van der Waals surface area contributed by atoms with Crippen molar-refractivity contribution in [3.8, 4) is 0 Å². The Morgan fingerprint density at radius 3 is 2.82 bits per heavy atom. The average molecular weight is 362 g/mol. The highest BCUT2D eigenvalue weighted by atomic mass is 79.9. The smallest absolute Gasteiger partial charge is 0.326 e. The van der Waals surface area contributed by atoms with Gasteiger partial charge in [0.15, 0.2) is 0 Å². The van der Waals surface area contributed by atoms with Gasteiger partial charge in [0.25, 0.3) is 0 Å². The zero-order valence-electron chi connectivity index (χ0n) is 11.9. The molecule has 1 fully saturated rings.